The van der Waals surface area contributed by atoms with Gasteiger partial charge >= 0.3 is 0 Å². The van der Waals surface area contributed by atoms with Crippen LogP contribution in [-0.4, -0.2) is 66.0 Å². The third-order valence-electron chi connectivity index (χ3n) is 4.98. The van der Waals surface area contributed by atoms with Crippen molar-refractivity contribution in [2.45, 2.75) is 13.3 Å². The van der Waals surface area contributed by atoms with Crippen LogP contribution in [0.2, 0.25) is 0 Å². The van der Waals surface area contributed by atoms with Crippen molar-refractivity contribution in [1.82, 2.24) is 19.5 Å². The van der Waals surface area contributed by atoms with Gasteiger partial charge in [-0.2, -0.15) is 9.61 Å². The quantitative estimate of drug-likeness (QED) is 0.635. The van der Waals surface area contributed by atoms with Gasteiger partial charge in [-0.05, 0) is 32.0 Å². The topological polar surface area (TPSA) is 63.9 Å². The predicted octanol–water partition coefficient (Wildman–Crippen LogP) is 2.85. The Labute approximate surface area is 165 Å². The number of anilines is 1. The lowest BCUT2D eigenvalue weighted by Crippen LogP contribution is -2.37. The number of methoxy groups -OCH3 is 1. The zero-order chi connectivity index (χ0) is 19.3. The number of hydrogen-bond donors (Lipinski definition) is 1. The van der Waals surface area contributed by atoms with Crippen molar-refractivity contribution >= 4 is 11.5 Å². The fourth-order valence-corrected chi connectivity index (χ4v) is 3.49. The lowest BCUT2D eigenvalue weighted by Gasteiger charge is -2.26. The molecular weight excluding hydrogens is 354 g/mol. The summed E-state index contributed by atoms with van der Waals surface area (Å²) in [6, 6.07) is 12.0. The van der Waals surface area contributed by atoms with Crippen LogP contribution in [0.3, 0.4) is 0 Å². The van der Waals surface area contributed by atoms with Gasteiger partial charge in [-0.1, -0.05) is 12.1 Å². The van der Waals surface area contributed by atoms with Crippen molar-refractivity contribution in [2.24, 2.45) is 0 Å². The van der Waals surface area contributed by atoms with Crippen LogP contribution in [0.25, 0.3) is 16.9 Å². The van der Waals surface area contributed by atoms with E-state index >= 15 is 0 Å². The standard InChI is InChI=1S/C21H27N5O2/c1-16-13-20(22-7-4-8-25-9-11-28-12-10-25)26-21(23-16)15-19(24-26)17-5-3-6-18(14-17)27-2/h3,5-6,13-15,22H,4,7-12H2,1-2H3. The van der Waals surface area contributed by atoms with Crippen molar-refractivity contribution in [3.8, 4) is 17.0 Å². The minimum Gasteiger partial charge on any atom is -0.497 e. The lowest BCUT2D eigenvalue weighted by molar-refractivity contribution is 0.0378. The van der Waals surface area contributed by atoms with Gasteiger partial charge in [0, 0.05) is 43.0 Å². The summed E-state index contributed by atoms with van der Waals surface area (Å²) in [5.74, 6) is 1.79. The van der Waals surface area contributed by atoms with E-state index in [0.717, 1.165) is 80.0 Å². The molecule has 0 amide bonds. The zero-order valence-corrected chi connectivity index (χ0v) is 16.5. The number of benzene rings is 1. The van der Waals surface area contributed by atoms with E-state index < -0.39 is 0 Å². The third kappa shape index (κ3) is 4.26. The zero-order valence-electron chi connectivity index (χ0n) is 16.5. The Morgan fingerprint density at radius 3 is 2.86 bits per heavy atom. The van der Waals surface area contributed by atoms with Crippen LogP contribution in [0.4, 0.5) is 5.82 Å². The minimum atomic E-state index is 0.820. The van der Waals surface area contributed by atoms with Gasteiger partial charge in [0.1, 0.15) is 11.6 Å². The Bertz CT molecular complexity index is 934. The van der Waals surface area contributed by atoms with E-state index in [4.69, 9.17) is 14.6 Å². The number of hydrogen-bond acceptors (Lipinski definition) is 6. The normalized spacial score (nSPS) is 15.1. The first-order chi connectivity index (χ1) is 13.7. The molecule has 7 nitrogen and oxygen atoms in total. The third-order valence-corrected chi connectivity index (χ3v) is 4.98. The molecule has 3 heterocycles. The monoisotopic (exact) mass is 381 g/mol. The lowest BCUT2D eigenvalue weighted by atomic mass is 10.1. The molecule has 1 aliphatic heterocycles. The molecule has 0 saturated carbocycles. The van der Waals surface area contributed by atoms with Crippen molar-refractivity contribution in [3.63, 3.8) is 0 Å². The molecule has 0 bridgehead atoms. The second-order valence-electron chi connectivity index (χ2n) is 7.05. The van der Waals surface area contributed by atoms with Gasteiger partial charge in [0.2, 0.25) is 0 Å². The molecule has 1 fully saturated rings. The summed E-state index contributed by atoms with van der Waals surface area (Å²) < 4.78 is 12.6. The highest BCUT2D eigenvalue weighted by molar-refractivity contribution is 5.67. The average Bonchev–Trinajstić information content (AvgIpc) is 3.16. The molecule has 0 spiro atoms. The molecule has 4 rings (SSSR count). The second kappa shape index (κ2) is 8.58. The maximum Gasteiger partial charge on any atom is 0.158 e. The largest absolute Gasteiger partial charge is 0.497 e. The van der Waals surface area contributed by atoms with Gasteiger partial charge in [-0.25, -0.2) is 4.98 Å². The molecule has 0 radical (unpaired) electrons. The van der Waals surface area contributed by atoms with E-state index in [9.17, 15) is 0 Å². The molecule has 148 valence electrons. The van der Waals surface area contributed by atoms with Gasteiger partial charge in [-0.15, -0.1) is 0 Å². The first-order valence-electron chi connectivity index (χ1n) is 9.79. The second-order valence-corrected chi connectivity index (χ2v) is 7.05. The SMILES string of the molecule is COc1cccc(-c2cc3nc(C)cc(NCCCN4CCOCC4)n3n2)c1. The molecule has 0 unspecified atom stereocenters. The van der Waals surface area contributed by atoms with E-state index in [0.29, 0.717) is 0 Å². The summed E-state index contributed by atoms with van der Waals surface area (Å²) in [5, 5.41) is 8.31. The molecule has 0 aliphatic carbocycles. The molecule has 2 aromatic heterocycles. The Morgan fingerprint density at radius 2 is 2.04 bits per heavy atom. The molecule has 1 N–H and O–H groups in total. The average molecular weight is 381 g/mol. The fraction of sp³-hybridized carbons (Fsp3) is 0.429. The minimum absolute atomic E-state index is 0.820. The van der Waals surface area contributed by atoms with Crippen LogP contribution in [0, 0.1) is 6.92 Å². The maximum atomic E-state index is 5.41. The van der Waals surface area contributed by atoms with Crippen LogP contribution in [0.15, 0.2) is 36.4 Å². The molecule has 28 heavy (non-hydrogen) atoms. The van der Waals surface area contributed by atoms with Crippen molar-refractivity contribution in [3.05, 3.63) is 42.1 Å². The number of nitrogens with zero attached hydrogens (tertiary/aromatic N) is 4. The van der Waals surface area contributed by atoms with Crippen molar-refractivity contribution in [2.75, 3.05) is 51.8 Å². The molecule has 1 saturated heterocycles. The number of morpholine rings is 1. The fourth-order valence-electron chi connectivity index (χ4n) is 3.49. The van der Waals surface area contributed by atoms with Crippen LogP contribution in [0.1, 0.15) is 12.1 Å². The summed E-state index contributed by atoms with van der Waals surface area (Å²) in [6.07, 6.45) is 1.08. The number of aromatic nitrogens is 3. The Balaban J connectivity index is 1.49. The van der Waals surface area contributed by atoms with Gasteiger partial charge in [0.25, 0.3) is 0 Å². The summed E-state index contributed by atoms with van der Waals surface area (Å²) in [4.78, 5) is 7.09. The first-order valence-corrected chi connectivity index (χ1v) is 9.79. The van der Waals surface area contributed by atoms with Crippen molar-refractivity contribution < 1.29 is 9.47 Å². The van der Waals surface area contributed by atoms with E-state index in [-0.39, 0.29) is 0 Å². The number of nitrogens with one attached hydrogen (secondary N) is 1. The Kier molecular flexibility index (Phi) is 5.73. The number of aryl methyl sites for hydroxylation is 1. The van der Waals surface area contributed by atoms with Gasteiger partial charge in [0.05, 0.1) is 26.0 Å². The molecule has 1 aromatic carbocycles. The predicted molar refractivity (Wildman–Crippen MR) is 110 cm³/mol. The number of rotatable bonds is 7. The van der Waals surface area contributed by atoms with Gasteiger partial charge in [0.15, 0.2) is 5.65 Å². The molecule has 0 atom stereocenters. The Hall–Kier alpha value is -2.64. The number of ether oxygens (including phenoxy) is 2. The molecule has 3 aromatic rings. The smallest absolute Gasteiger partial charge is 0.158 e. The van der Waals surface area contributed by atoms with Crippen molar-refractivity contribution in [1.29, 1.82) is 0 Å². The molecular formula is C21H27N5O2. The summed E-state index contributed by atoms with van der Waals surface area (Å²) in [7, 11) is 1.67. The molecule has 7 heteroatoms. The summed E-state index contributed by atoms with van der Waals surface area (Å²) >= 11 is 0. The maximum absolute atomic E-state index is 5.41. The van der Waals surface area contributed by atoms with E-state index in [2.05, 4.69) is 15.2 Å². The summed E-state index contributed by atoms with van der Waals surface area (Å²) in [5.41, 5.74) is 3.71. The van der Waals surface area contributed by atoms with Crippen LogP contribution < -0.4 is 10.1 Å². The molecule has 1 aliphatic rings. The van der Waals surface area contributed by atoms with Gasteiger partial charge in [-0.3, -0.25) is 4.90 Å². The van der Waals surface area contributed by atoms with Crippen LogP contribution in [0.5, 0.6) is 5.75 Å². The highest BCUT2D eigenvalue weighted by Gasteiger charge is 2.12. The van der Waals surface area contributed by atoms with E-state index in [1.807, 2.05) is 47.8 Å². The van der Waals surface area contributed by atoms with E-state index in [1.165, 1.54) is 0 Å². The van der Waals surface area contributed by atoms with Crippen LogP contribution >= 0.6 is 0 Å². The van der Waals surface area contributed by atoms with Gasteiger partial charge < -0.3 is 14.8 Å². The van der Waals surface area contributed by atoms with E-state index in [1.54, 1.807) is 7.11 Å². The summed E-state index contributed by atoms with van der Waals surface area (Å²) in [6.45, 7) is 7.73. The highest BCUT2D eigenvalue weighted by atomic mass is 16.5. The Morgan fingerprint density at radius 1 is 1.18 bits per heavy atom. The van der Waals surface area contributed by atoms with Crippen LogP contribution in [-0.2, 0) is 4.74 Å². The first kappa shape index (κ1) is 18.7. The highest BCUT2D eigenvalue weighted by Crippen LogP contribution is 2.25. The number of fused-ring (bicyclic) bond motifs is 1.